The minimum absolute atomic E-state index is 0.321. The van der Waals surface area contributed by atoms with Crippen molar-refractivity contribution >= 4 is 27.4 Å². The number of nitrogens with zero attached hydrogens (tertiary/aromatic N) is 1. The van der Waals surface area contributed by atoms with Crippen molar-refractivity contribution in [3.63, 3.8) is 0 Å². The summed E-state index contributed by atoms with van der Waals surface area (Å²) in [7, 11) is 0. The lowest BCUT2D eigenvalue weighted by Crippen LogP contribution is -2.72. The molecule has 6 heteroatoms. The van der Waals surface area contributed by atoms with Crippen LogP contribution in [0.5, 0.6) is 0 Å². The molecule has 0 bridgehead atoms. The molecule has 4 atom stereocenters. The molecule has 28 heavy (non-hydrogen) atoms. The summed E-state index contributed by atoms with van der Waals surface area (Å²) >= 11 is 1.65. The summed E-state index contributed by atoms with van der Waals surface area (Å²) in [5.74, 6) is 1.43. The third kappa shape index (κ3) is 2.93. The first-order chi connectivity index (χ1) is 13.7. The van der Waals surface area contributed by atoms with Crippen LogP contribution in [0.15, 0.2) is 35.3 Å². The van der Waals surface area contributed by atoms with Gasteiger partial charge in [-0.25, -0.2) is 0 Å². The van der Waals surface area contributed by atoms with Gasteiger partial charge in [-0.15, -0.1) is 11.3 Å². The van der Waals surface area contributed by atoms with Gasteiger partial charge in [-0.2, -0.15) is 0 Å². The lowest BCUT2D eigenvalue weighted by atomic mass is 9.46. The van der Waals surface area contributed by atoms with Gasteiger partial charge in [0.15, 0.2) is 5.96 Å². The monoisotopic (exact) mass is 399 g/mol. The van der Waals surface area contributed by atoms with Gasteiger partial charge >= 0.3 is 0 Å². The zero-order chi connectivity index (χ0) is 19.1. The molecule has 1 aromatic carbocycles. The summed E-state index contributed by atoms with van der Waals surface area (Å²) in [5.41, 5.74) is 0.321. The van der Waals surface area contributed by atoms with Gasteiger partial charge in [0.2, 0.25) is 0 Å². The molecule has 1 aromatic heterocycles. The Hall–Kier alpha value is -1.63. The number of benzene rings is 1. The maximum atomic E-state index is 10.7. The van der Waals surface area contributed by atoms with Crippen LogP contribution in [0.3, 0.4) is 0 Å². The fourth-order valence-electron chi connectivity index (χ4n) is 5.36. The number of aliphatic hydroxyl groups is 1. The van der Waals surface area contributed by atoms with Gasteiger partial charge in [0, 0.05) is 40.1 Å². The fourth-order valence-corrected chi connectivity index (χ4v) is 6.40. The second-order valence-corrected chi connectivity index (χ2v) is 9.49. The van der Waals surface area contributed by atoms with Gasteiger partial charge in [-0.1, -0.05) is 24.6 Å². The zero-order valence-corrected chi connectivity index (χ0v) is 17.2. The highest BCUT2D eigenvalue weighted by Crippen LogP contribution is 2.62. The molecule has 1 saturated heterocycles. The summed E-state index contributed by atoms with van der Waals surface area (Å²) in [6.45, 7) is 4.16. The number of hydrogen-bond acceptors (Lipinski definition) is 4. The molecular formula is C22H29N3O2S. The van der Waals surface area contributed by atoms with E-state index in [4.69, 9.17) is 9.73 Å². The van der Waals surface area contributed by atoms with E-state index in [1.165, 1.54) is 29.3 Å². The Labute approximate surface area is 170 Å². The number of aliphatic hydroxyl groups excluding tert-OH is 1. The normalized spacial score (nSPS) is 29.2. The Morgan fingerprint density at radius 2 is 2.25 bits per heavy atom. The standard InChI is InChI=1S/C22H29N3O2S/c1-2-23-21(25-19-15-8-11-27-20(15)22(19)9-5-10-22)24-13-16(26)18-12-14-6-3-4-7-17(14)28-18/h3-4,6-7,12,15-16,19-20,26H,2,5,8-11,13H2,1H3,(H2,23,24,25). The number of thiophene rings is 1. The third-order valence-electron chi connectivity index (χ3n) is 6.87. The van der Waals surface area contributed by atoms with Crippen LogP contribution < -0.4 is 10.6 Å². The average molecular weight is 400 g/mol. The lowest BCUT2D eigenvalue weighted by Gasteiger charge is -2.63. The summed E-state index contributed by atoms with van der Waals surface area (Å²) in [6, 6.07) is 10.8. The molecule has 2 saturated carbocycles. The van der Waals surface area contributed by atoms with Crippen LogP contribution in [0.2, 0.25) is 0 Å². The van der Waals surface area contributed by atoms with Crippen molar-refractivity contribution in [3.05, 3.63) is 35.2 Å². The van der Waals surface area contributed by atoms with Crippen molar-refractivity contribution in [2.75, 3.05) is 19.7 Å². The minimum atomic E-state index is -0.575. The van der Waals surface area contributed by atoms with E-state index in [2.05, 4.69) is 35.8 Å². The van der Waals surface area contributed by atoms with Crippen molar-refractivity contribution in [2.24, 2.45) is 16.3 Å². The number of nitrogens with one attached hydrogen (secondary N) is 2. The fraction of sp³-hybridized carbons (Fsp3) is 0.591. The van der Waals surface area contributed by atoms with Crippen LogP contribution in [-0.2, 0) is 4.74 Å². The Balaban J connectivity index is 1.28. The summed E-state index contributed by atoms with van der Waals surface area (Å²) in [4.78, 5) is 5.71. The van der Waals surface area contributed by atoms with E-state index in [1.54, 1.807) is 11.3 Å². The van der Waals surface area contributed by atoms with Crippen LogP contribution in [0.1, 0.15) is 43.6 Å². The Bertz CT molecular complexity index is 843. The third-order valence-corrected chi connectivity index (χ3v) is 8.09. The smallest absolute Gasteiger partial charge is 0.191 e. The highest BCUT2D eigenvalue weighted by atomic mass is 32.1. The summed E-state index contributed by atoms with van der Waals surface area (Å²) in [6.07, 6.45) is 4.85. The molecule has 2 aliphatic carbocycles. The molecule has 3 fully saturated rings. The van der Waals surface area contributed by atoms with Crippen LogP contribution in [0.4, 0.5) is 0 Å². The SMILES string of the molecule is CCNC(=NCC(O)c1cc2ccccc2s1)NC1C2CCOC2C12CCC2. The van der Waals surface area contributed by atoms with E-state index in [9.17, 15) is 5.11 Å². The van der Waals surface area contributed by atoms with Crippen molar-refractivity contribution in [2.45, 2.75) is 50.9 Å². The highest BCUT2D eigenvalue weighted by molar-refractivity contribution is 7.19. The lowest BCUT2D eigenvalue weighted by molar-refractivity contribution is -0.171. The number of aliphatic imine (C=N–C) groups is 1. The van der Waals surface area contributed by atoms with Gasteiger partial charge < -0.3 is 20.5 Å². The first kappa shape index (κ1) is 18.4. The second-order valence-electron chi connectivity index (χ2n) is 8.37. The predicted octanol–water partition coefficient (Wildman–Crippen LogP) is 3.45. The van der Waals surface area contributed by atoms with Gasteiger partial charge in [0.25, 0.3) is 0 Å². The van der Waals surface area contributed by atoms with Crippen molar-refractivity contribution in [3.8, 4) is 0 Å². The first-order valence-corrected chi connectivity index (χ1v) is 11.4. The molecule has 3 N–H and O–H groups in total. The molecule has 2 aromatic rings. The molecule has 150 valence electrons. The van der Waals surface area contributed by atoms with E-state index in [-0.39, 0.29) is 0 Å². The molecule has 3 aliphatic rings. The van der Waals surface area contributed by atoms with Gasteiger partial charge in [-0.05, 0) is 43.7 Å². The first-order valence-electron chi connectivity index (χ1n) is 10.5. The number of fused-ring (bicyclic) bond motifs is 3. The maximum absolute atomic E-state index is 10.7. The van der Waals surface area contributed by atoms with E-state index in [0.29, 0.717) is 30.0 Å². The van der Waals surface area contributed by atoms with Gasteiger partial charge in [0.1, 0.15) is 6.10 Å². The van der Waals surface area contributed by atoms with Crippen LogP contribution in [-0.4, -0.2) is 42.9 Å². The Morgan fingerprint density at radius 3 is 3.00 bits per heavy atom. The van der Waals surface area contributed by atoms with Crippen molar-refractivity contribution in [1.29, 1.82) is 0 Å². The molecular weight excluding hydrogens is 370 g/mol. The Morgan fingerprint density at radius 1 is 1.39 bits per heavy atom. The van der Waals surface area contributed by atoms with Gasteiger partial charge in [0.05, 0.1) is 12.6 Å². The average Bonchev–Trinajstić information content (AvgIpc) is 3.27. The predicted molar refractivity (Wildman–Crippen MR) is 114 cm³/mol. The largest absolute Gasteiger partial charge is 0.386 e. The molecule has 1 spiro atoms. The van der Waals surface area contributed by atoms with E-state index < -0.39 is 6.10 Å². The summed E-state index contributed by atoms with van der Waals surface area (Å²) in [5, 5.41) is 18.9. The van der Waals surface area contributed by atoms with E-state index in [0.717, 1.165) is 30.4 Å². The van der Waals surface area contributed by atoms with Crippen LogP contribution in [0.25, 0.3) is 10.1 Å². The number of guanidine groups is 1. The molecule has 2 heterocycles. The number of hydrogen-bond donors (Lipinski definition) is 3. The molecule has 0 radical (unpaired) electrons. The minimum Gasteiger partial charge on any atom is -0.386 e. The molecule has 0 amide bonds. The zero-order valence-electron chi connectivity index (χ0n) is 16.4. The molecule has 5 nitrogen and oxygen atoms in total. The molecule has 1 aliphatic heterocycles. The van der Waals surface area contributed by atoms with Gasteiger partial charge in [-0.3, -0.25) is 4.99 Å². The Kier molecular flexibility index (Phi) is 4.81. The number of ether oxygens (including phenoxy) is 1. The van der Waals surface area contributed by atoms with Crippen LogP contribution >= 0.6 is 11.3 Å². The van der Waals surface area contributed by atoms with E-state index in [1.807, 2.05) is 12.1 Å². The number of rotatable bonds is 5. The summed E-state index contributed by atoms with van der Waals surface area (Å²) < 4.78 is 7.23. The van der Waals surface area contributed by atoms with Crippen LogP contribution in [0, 0.1) is 11.3 Å². The van der Waals surface area contributed by atoms with Crippen molar-refractivity contribution in [1.82, 2.24) is 10.6 Å². The quantitative estimate of drug-likeness (QED) is 0.532. The van der Waals surface area contributed by atoms with Crippen molar-refractivity contribution < 1.29 is 9.84 Å². The second kappa shape index (κ2) is 7.32. The molecule has 5 rings (SSSR count). The van der Waals surface area contributed by atoms with E-state index >= 15 is 0 Å². The molecule has 4 unspecified atom stereocenters. The topological polar surface area (TPSA) is 65.9 Å². The highest BCUT2D eigenvalue weighted by Gasteiger charge is 2.66. The maximum Gasteiger partial charge on any atom is 0.191 e.